The van der Waals surface area contributed by atoms with Crippen molar-refractivity contribution in [3.63, 3.8) is 0 Å². The molecule has 0 bridgehead atoms. The van der Waals surface area contributed by atoms with Crippen LogP contribution in [0.3, 0.4) is 0 Å². The molecule has 0 atom stereocenters. The Labute approximate surface area is 183 Å². The third-order valence-electron chi connectivity index (χ3n) is 4.99. The van der Waals surface area contributed by atoms with E-state index < -0.39 is 26.6 Å². The second-order valence-corrected chi connectivity index (χ2v) is 8.93. The largest absolute Gasteiger partial charge is 0.420 e. The van der Waals surface area contributed by atoms with Gasteiger partial charge in [-0.05, 0) is 29.8 Å². The van der Waals surface area contributed by atoms with Crippen LogP contribution in [0.25, 0.3) is 12.2 Å². The maximum Gasteiger partial charge on any atom is 0.246 e. The highest BCUT2D eigenvalue weighted by Crippen LogP contribution is 2.27. The predicted octanol–water partition coefficient (Wildman–Crippen LogP) is 3.51. The van der Waals surface area contributed by atoms with E-state index in [0.717, 1.165) is 22.0 Å². The van der Waals surface area contributed by atoms with E-state index in [-0.39, 0.29) is 43.6 Å². The zero-order valence-corrected chi connectivity index (χ0v) is 17.6. The van der Waals surface area contributed by atoms with Crippen LogP contribution in [-0.2, 0) is 10.0 Å². The first-order chi connectivity index (χ1) is 15.4. The Kier molecular flexibility index (Phi) is 6.03. The minimum atomic E-state index is -4.20. The lowest BCUT2D eigenvalue weighted by Gasteiger charge is -2.33. The normalized spacial score (nSPS) is 15.2. The summed E-state index contributed by atoms with van der Waals surface area (Å²) in [7, 11) is -4.20. The Hall–Kier alpha value is -3.55. The van der Waals surface area contributed by atoms with E-state index in [4.69, 9.17) is 4.42 Å². The van der Waals surface area contributed by atoms with Crippen LogP contribution < -0.4 is 4.90 Å². The smallest absolute Gasteiger partial charge is 0.246 e. The van der Waals surface area contributed by atoms with Crippen LogP contribution in [0.5, 0.6) is 0 Å². The zero-order chi connectivity index (χ0) is 22.7. The summed E-state index contributed by atoms with van der Waals surface area (Å²) in [5.41, 5.74) is 1.03. The average Bonchev–Trinajstić information content (AvgIpc) is 3.23. The molecule has 0 radical (unpaired) electrons. The Morgan fingerprint density at radius 3 is 2.44 bits per heavy atom. The lowest BCUT2D eigenvalue weighted by Crippen LogP contribution is -2.49. The second kappa shape index (κ2) is 8.90. The third kappa shape index (κ3) is 4.39. The van der Waals surface area contributed by atoms with E-state index in [2.05, 4.69) is 4.98 Å². The van der Waals surface area contributed by atoms with Gasteiger partial charge in [-0.2, -0.15) is 14.6 Å². The number of sulfonamides is 1. The molecule has 1 saturated heterocycles. The standard InChI is InChI=1S/C22H18F2N4O3S/c23-17-7-8-18(24)20(14-17)32(29,30)28-12-10-27(11-13-28)22-19(15-25)26-21(31-22)9-6-16-4-2-1-3-5-16/h1-9,14H,10-13H2/b9-6+. The highest BCUT2D eigenvalue weighted by molar-refractivity contribution is 7.89. The molecule has 1 fully saturated rings. The third-order valence-corrected chi connectivity index (χ3v) is 6.90. The van der Waals surface area contributed by atoms with Crippen molar-refractivity contribution in [3.05, 3.63) is 77.3 Å². The molecule has 1 aliphatic heterocycles. The molecule has 32 heavy (non-hydrogen) atoms. The summed E-state index contributed by atoms with van der Waals surface area (Å²) in [6.45, 7) is 0.418. The van der Waals surface area contributed by atoms with E-state index >= 15 is 0 Å². The number of aromatic nitrogens is 1. The van der Waals surface area contributed by atoms with E-state index in [1.165, 1.54) is 0 Å². The van der Waals surface area contributed by atoms with Crippen LogP contribution >= 0.6 is 0 Å². The van der Waals surface area contributed by atoms with Crippen LogP contribution in [0, 0.1) is 23.0 Å². The van der Waals surface area contributed by atoms with Crippen molar-refractivity contribution in [1.82, 2.24) is 9.29 Å². The van der Waals surface area contributed by atoms with Gasteiger partial charge in [-0.25, -0.2) is 17.2 Å². The SMILES string of the molecule is N#Cc1nc(/C=C/c2ccccc2)oc1N1CCN(S(=O)(=O)c2cc(F)ccc2F)CC1. The van der Waals surface area contributed by atoms with Crippen molar-refractivity contribution in [2.24, 2.45) is 0 Å². The first-order valence-electron chi connectivity index (χ1n) is 9.72. The number of rotatable bonds is 5. The van der Waals surface area contributed by atoms with Gasteiger partial charge in [0.25, 0.3) is 0 Å². The van der Waals surface area contributed by atoms with Crippen LogP contribution in [0.4, 0.5) is 14.7 Å². The molecule has 0 N–H and O–H groups in total. The van der Waals surface area contributed by atoms with E-state index in [0.29, 0.717) is 6.07 Å². The van der Waals surface area contributed by atoms with Gasteiger partial charge in [0, 0.05) is 32.3 Å². The highest BCUT2D eigenvalue weighted by atomic mass is 32.2. The number of piperazine rings is 1. The molecular weight excluding hydrogens is 438 g/mol. The van der Waals surface area contributed by atoms with E-state index in [1.54, 1.807) is 17.1 Å². The molecule has 0 unspecified atom stereocenters. The maximum absolute atomic E-state index is 14.0. The number of hydrogen-bond donors (Lipinski definition) is 0. The van der Waals surface area contributed by atoms with Gasteiger partial charge in [0.2, 0.25) is 27.5 Å². The Bertz CT molecular complexity index is 1290. The lowest BCUT2D eigenvalue weighted by molar-refractivity contribution is 0.371. The number of oxazole rings is 1. The average molecular weight is 456 g/mol. The van der Waals surface area contributed by atoms with Gasteiger partial charge >= 0.3 is 0 Å². The minimum Gasteiger partial charge on any atom is -0.420 e. The first kappa shape index (κ1) is 21.7. The van der Waals surface area contributed by atoms with Gasteiger partial charge in [-0.15, -0.1) is 0 Å². The summed E-state index contributed by atoms with van der Waals surface area (Å²) in [4.78, 5) is 5.19. The summed E-state index contributed by atoms with van der Waals surface area (Å²) in [6.07, 6.45) is 3.45. The molecule has 2 aromatic carbocycles. The molecule has 3 aromatic rings. The fourth-order valence-corrected chi connectivity index (χ4v) is 4.86. The van der Waals surface area contributed by atoms with Gasteiger partial charge in [0.15, 0.2) is 0 Å². The molecule has 2 heterocycles. The predicted molar refractivity (Wildman–Crippen MR) is 114 cm³/mol. The molecule has 1 aliphatic rings. The molecule has 10 heteroatoms. The lowest BCUT2D eigenvalue weighted by atomic mass is 10.2. The number of anilines is 1. The Morgan fingerprint density at radius 1 is 1.03 bits per heavy atom. The van der Waals surface area contributed by atoms with Crippen LogP contribution in [-0.4, -0.2) is 43.9 Å². The van der Waals surface area contributed by atoms with Crippen molar-refractivity contribution in [3.8, 4) is 6.07 Å². The molecule has 0 amide bonds. The quantitative estimate of drug-likeness (QED) is 0.584. The summed E-state index contributed by atoms with van der Waals surface area (Å²) in [5.74, 6) is -1.35. The Balaban J connectivity index is 1.50. The van der Waals surface area contributed by atoms with Gasteiger partial charge in [0.05, 0.1) is 0 Å². The number of nitriles is 1. The van der Waals surface area contributed by atoms with Gasteiger partial charge in [0.1, 0.15) is 22.6 Å². The molecule has 0 aliphatic carbocycles. The number of benzene rings is 2. The van der Waals surface area contributed by atoms with Gasteiger partial charge in [-0.1, -0.05) is 30.3 Å². The number of hydrogen-bond acceptors (Lipinski definition) is 6. The summed E-state index contributed by atoms with van der Waals surface area (Å²) >= 11 is 0. The number of halogens is 2. The molecule has 7 nitrogen and oxygen atoms in total. The summed E-state index contributed by atoms with van der Waals surface area (Å²) in [6, 6.07) is 13.8. The first-order valence-corrected chi connectivity index (χ1v) is 11.2. The van der Waals surface area contributed by atoms with E-state index in [9.17, 15) is 22.5 Å². The molecule has 1 aromatic heterocycles. The molecule has 0 saturated carbocycles. The van der Waals surface area contributed by atoms with Crippen LogP contribution in [0.15, 0.2) is 57.8 Å². The van der Waals surface area contributed by atoms with Crippen LogP contribution in [0.1, 0.15) is 17.1 Å². The van der Waals surface area contributed by atoms with Crippen molar-refractivity contribution < 1.29 is 21.6 Å². The Morgan fingerprint density at radius 2 is 1.75 bits per heavy atom. The second-order valence-electron chi connectivity index (χ2n) is 7.03. The fourth-order valence-electron chi connectivity index (χ4n) is 3.36. The van der Waals surface area contributed by atoms with Crippen molar-refractivity contribution >= 4 is 28.1 Å². The van der Waals surface area contributed by atoms with Gasteiger partial charge in [-0.3, -0.25) is 0 Å². The minimum absolute atomic E-state index is 0.0129. The van der Waals surface area contributed by atoms with Crippen molar-refractivity contribution in [2.75, 3.05) is 31.1 Å². The zero-order valence-electron chi connectivity index (χ0n) is 16.8. The van der Waals surface area contributed by atoms with Crippen LogP contribution in [0.2, 0.25) is 0 Å². The molecule has 0 spiro atoms. The maximum atomic E-state index is 14.0. The number of nitrogens with zero attached hydrogens (tertiary/aromatic N) is 4. The monoisotopic (exact) mass is 456 g/mol. The van der Waals surface area contributed by atoms with E-state index in [1.807, 2.05) is 36.4 Å². The summed E-state index contributed by atoms with van der Waals surface area (Å²) in [5, 5.41) is 9.43. The molecular formula is C22H18F2N4O3S. The summed E-state index contributed by atoms with van der Waals surface area (Å²) < 4.78 is 59.8. The molecule has 164 valence electrons. The topological polar surface area (TPSA) is 90.4 Å². The van der Waals surface area contributed by atoms with Gasteiger partial charge < -0.3 is 9.32 Å². The molecule has 4 rings (SSSR count). The van der Waals surface area contributed by atoms with Crippen molar-refractivity contribution in [1.29, 1.82) is 5.26 Å². The fraction of sp³-hybridized carbons (Fsp3) is 0.182. The highest BCUT2D eigenvalue weighted by Gasteiger charge is 2.32. The van der Waals surface area contributed by atoms with Crippen molar-refractivity contribution in [2.45, 2.75) is 4.90 Å².